The van der Waals surface area contributed by atoms with Crippen molar-refractivity contribution in [2.45, 2.75) is 13.0 Å². The molecule has 0 bridgehead atoms. The number of thiophene rings is 1. The van der Waals surface area contributed by atoms with Crippen LogP contribution in [0.2, 0.25) is 0 Å². The lowest BCUT2D eigenvalue weighted by Crippen LogP contribution is -2.30. The topological polar surface area (TPSA) is 121 Å². The third-order valence-electron chi connectivity index (χ3n) is 3.82. The standard InChI is InChI=1S/C20H15N3O5S/c1-12(17(24)23-19-13(11-21)8-10-29-19)28-20(26)14-5-2-3-6-15(14)22-18(25)16-7-4-9-27-16/h2-10,12H,1H3,(H,22,25)(H,23,24)/t12-/m1/s1. The molecule has 0 saturated heterocycles. The average Bonchev–Trinajstić information content (AvgIpc) is 3.40. The van der Waals surface area contributed by atoms with Crippen LogP contribution in [-0.4, -0.2) is 23.9 Å². The minimum Gasteiger partial charge on any atom is -0.459 e. The second-order valence-electron chi connectivity index (χ2n) is 5.79. The lowest BCUT2D eigenvalue weighted by atomic mass is 10.1. The minimum absolute atomic E-state index is 0.0842. The summed E-state index contributed by atoms with van der Waals surface area (Å²) in [5, 5.41) is 16.2. The van der Waals surface area contributed by atoms with Gasteiger partial charge >= 0.3 is 5.97 Å². The molecule has 3 rings (SSSR count). The van der Waals surface area contributed by atoms with Crippen molar-refractivity contribution in [3.63, 3.8) is 0 Å². The summed E-state index contributed by atoms with van der Waals surface area (Å²) in [6, 6.07) is 12.9. The van der Waals surface area contributed by atoms with Crippen LogP contribution in [0.15, 0.2) is 58.5 Å². The van der Waals surface area contributed by atoms with Crippen LogP contribution in [-0.2, 0) is 9.53 Å². The number of hydrogen-bond acceptors (Lipinski definition) is 7. The van der Waals surface area contributed by atoms with Gasteiger partial charge in [-0.15, -0.1) is 11.3 Å². The van der Waals surface area contributed by atoms with Crippen LogP contribution >= 0.6 is 11.3 Å². The zero-order valence-electron chi connectivity index (χ0n) is 15.2. The Hall–Kier alpha value is -3.90. The number of rotatable bonds is 6. The molecule has 2 N–H and O–H groups in total. The first-order chi connectivity index (χ1) is 14.0. The van der Waals surface area contributed by atoms with E-state index in [-0.39, 0.29) is 17.0 Å². The van der Waals surface area contributed by atoms with Crippen molar-refractivity contribution in [1.82, 2.24) is 0 Å². The first-order valence-corrected chi connectivity index (χ1v) is 9.31. The number of anilines is 2. The van der Waals surface area contributed by atoms with Crippen molar-refractivity contribution < 1.29 is 23.5 Å². The van der Waals surface area contributed by atoms with Gasteiger partial charge < -0.3 is 19.8 Å². The van der Waals surface area contributed by atoms with Gasteiger partial charge in [-0.25, -0.2) is 4.79 Å². The van der Waals surface area contributed by atoms with E-state index in [9.17, 15) is 14.4 Å². The van der Waals surface area contributed by atoms with Gasteiger partial charge in [-0.05, 0) is 42.6 Å². The summed E-state index contributed by atoms with van der Waals surface area (Å²) >= 11 is 1.19. The van der Waals surface area contributed by atoms with Crippen LogP contribution in [0.1, 0.15) is 33.4 Å². The monoisotopic (exact) mass is 409 g/mol. The van der Waals surface area contributed by atoms with E-state index in [2.05, 4.69) is 10.6 Å². The van der Waals surface area contributed by atoms with Crippen molar-refractivity contribution in [2.75, 3.05) is 10.6 Å². The van der Waals surface area contributed by atoms with Crippen LogP contribution in [0, 0.1) is 11.3 Å². The fourth-order valence-corrected chi connectivity index (χ4v) is 3.09. The molecule has 0 aliphatic heterocycles. The molecule has 8 nitrogen and oxygen atoms in total. The van der Waals surface area contributed by atoms with E-state index in [0.29, 0.717) is 10.6 Å². The van der Waals surface area contributed by atoms with Crippen molar-refractivity contribution >= 4 is 39.8 Å². The summed E-state index contributed by atoms with van der Waals surface area (Å²) in [5.41, 5.74) is 0.630. The van der Waals surface area contributed by atoms with Gasteiger partial charge in [0.15, 0.2) is 11.9 Å². The van der Waals surface area contributed by atoms with E-state index in [1.807, 2.05) is 6.07 Å². The summed E-state index contributed by atoms with van der Waals surface area (Å²) in [5.74, 6) is -1.79. The maximum Gasteiger partial charge on any atom is 0.341 e. The molecule has 0 saturated carbocycles. The van der Waals surface area contributed by atoms with Gasteiger partial charge in [0.2, 0.25) is 0 Å². The van der Waals surface area contributed by atoms with Gasteiger partial charge in [0, 0.05) is 0 Å². The smallest absolute Gasteiger partial charge is 0.341 e. The maximum absolute atomic E-state index is 12.5. The lowest BCUT2D eigenvalue weighted by molar-refractivity contribution is -0.123. The molecule has 29 heavy (non-hydrogen) atoms. The number of nitrogens with zero attached hydrogens (tertiary/aromatic N) is 1. The van der Waals surface area contributed by atoms with E-state index in [0.717, 1.165) is 0 Å². The Bertz CT molecular complexity index is 1080. The fourth-order valence-electron chi connectivity index (χ4n) is 2.35. The Kier molecular flexibility index (Phi) is 6.06. The molecule has 0 unspecified atom stereocenters. The molecule has 0 fully saturated rings. The summed E-state index contributed by atoms with van der Waals surface area (Å²) in [6.45, 7) is 1.41. The SMILES string of the molecule is C[C@@H](OC(=O)c1ccccc1NC(=O)c1ccco1)C(=O)Nc1sccc1C#N. The molecule has 0 aliphatic carbocycles. The lowest BCUT2D eigenvalue weighted by Gasteiger charge is -2.15. The molecule has 0 aliphatic rings. The largest absolute Gasteiger partial charge is 0.459 e. The number of amides is 2. The number of nitriles is 1. The van der Waals surface area contributed by atoms with Crippen molar-refractivity contribution in [3.05, 3.63) is 71.0 Å². The second-order valence-corrected chi connectivity index (χ2v) is 6.71. The molecule has 3 aromatic rings. The Balaban J connectivity index is 1.68. The van der Waals surface area contributed by atoms with Crippen LogP contribution in [0.5, 0.6) is 0 Å². The van der Waals surface area contributed by atoms with Crippen molar-refractivity contribution in [3.8, 4) is 6.07 Å². The number of nitrogens with one attached hydrogen (secondary N) is 2. The normalized spacial score (nSPS) is 11.2. The van der Waals surface area contributed by atoms with E-state index in [4.69, 9.17) is 14.4 Å². The van der Waals surface area contributed by atoms with Crippen LogP contribution in [0.4, 0.5) is 10.7 Å². The van der Waals surface area contributed by atoms with Gasteiger partial charge in [0.25, 0.3) is 11.8 Å². The van der Waals surface area contributed by atoms with Gasteiger partial charge in [-0.1, -0.05) is 12.1 Å². The van der Waals surface area contributed by atoms with Crippen molar-refractivity contribution in [2.24, 2.45) is 0 Å². The van der Waals surface area contributed by atoms with Gasteiger partial charge in [-0.3, -0.25) is 9.59 Å². The number of esters is 1. The van der Waals surface area contributed by atoms with Crippen LogP contribution < -0.4 is 10.6 Å². The van der Waals surface area contributed by atoms with E-state index in [1.165, 1.54) is 42.7 Å². The number of hydrogen-bond donors (Lipinski definition) is 2. The molecule has 0 spiro atoms. The van der Waals surface area contributed by atoms with Gasteiger partial charge in [0.05, 0.1) is 23.1 Å². The summed E-state index contributed by atoms with van der Waals surface area (Å²) < 4.78 is 10.3. The molecule has 2 heterocycles. The number of carbonyl (C=O) groups is 3. The van der Waals surface area contributed by atoms with Gasteiger partial charge in [0.1, 0.15) is 11.1 Å². The number of para-hydroxylation sites is 1. The highest BCUT2D eigenvalue weighted by atomic mass is 32.1. The zero-order valence-corrected chi connectivity index (χ0v) is 16.0. The Morgan fingerprint density at radius 2 is 1.93 bits per heavy atom. The number of carbonyl (C=O) groups excluding carboxylic acids is 3. The second kappa shape index (κ2) is 8.86. The molecule has 1 aromatic carbocycles. The van der Waals surface area contributed by atoms with Crippen LogP contribution in [0.3, 0.4) is 0 Å². The van der Waals surface area contributed by atoms with E-state index in [1.54, 1.807) is 29.6 Å². The first-order valence-electron chi connectivity index (χ1n) is 8.43. The predicted octanol–water partition coefficient (Wildman–Crippen LogP) is 3.65. The Labute approximate surface area is 169 Å². The average molecular weight is 409 g/mol. The quantitative estimate of drug-likeness (QED) is 0.600. The Morgan fingerprint density at radius 1 is 1.14 bits per heavy atom. The molecule has 9 heteroatoms. The number of benzene rings is 1. The number of ether oxygens (including phenoxy) is 1. The highest BCUT2D eigenvalue weighted by molar-refractivity contribution is 7.14. The van der Waals surface area contributed by atoms with Crippen LogP contribution in [0.25, 0.3) is 0 Å². The molecular weight excluding hydrogens is 394 g/mol. The Morgan fingerprint density at radius 3 is 2.66 bits per heavy atom. The highest BCUT2D eigenvalue weighted by Crippen LogP contribution is 2.23. The highest BCUT2D eigenvalue weighted by Gasteiger charge is 2.23. The summed E-state index contributed by atoms with van der Waals surface area (Å²) in [7, 11) is 0. The molecule has 0 radical (unpaired) electrons. The fraction of sp³-hybridized carbons (Fsp3) is 0.100. The zero-order chi connectivity index (χ0) is 20.8. The third-order valence-corrected chi connectivity index (χ3v) is 4.65. The van der Waals surface area contributed by atoms with E-state index >= 15 is 0 Å². The molecule has 146 valence electrons. The summed E-state index contributed by atoms with van der Waals surface area (Å²) in [4.78, 5) is 37.0. The summed E-state index contributed by atoms with van der Waals surface area (Å²) in [6.07, 6.45) is 0.241. The first kappa shape index (κ1) is 19.9. The predicted molar refractivity (Wildman–Crippen MR) is 106 cm³/mol. The molecule has 1 atom stereocenters. The van der Waals surface area contributed by atoms with Gasteiger partial charge in [-0.2, -0.15) is 5.26 Å². The maximum atomic E-state index is 12.5. The minimum atomic E-state index is -1.12. The van der Waals surface area contributed by atoms with E-state index < -0.39 is 23.9 Å². The van der Waals surface area contributed by atoms with Crippen molar-refractivity contribution in [1.29, 1.82) is 5.26 Å². The molecule has 2 aromatic heterocycles. The molecular formula is C20H15N3O5S. The molecule has 2 amide bonds. The third kappa shape index (κ3) is 4.69. The number of furan rings is 1.